The number of anilines is 1. The number of hydrogen-bond acceptors (Lipinski definition) is 2. The molecule has 0 bridgehead atoms. The highest BCUT2D eigenvalue weighted by atomic mass is 19.1. The lowest BCUT2D eigenvalue weighted by Crippen LogP contribution is -2.10. The third kappa shape index (κ3) is 2.99. The van der Waals surface area contributed by atoms with E-state index in [0.29, 0.717) is 5.92 Å². The second kappa shape index (κ2) is 5.83. The van der Waals surface area contributed by atoms with Crippen LogP contribution in [0.3, 0.4) is 0 Å². The van der Waals surface area contributed by atoms with Crippen LogP contribution in [0.15, 0.2) is 48.2 Å². The summed E-state index contributed by atoms with van der Waals surface area (Å²) >= 11 is 0. The van der Waals surface area contributed by atoms with Gasteiger partial charge in [0.1, 0.15) is 5.82 Å². The van der Waals surface area contributed by atoms with E-state index in [0.717, 1.165) is 36.6 Å². The molecule has 1 heterocycles. The topological polar surface area (TPSA) is 21.3 Å². The summed E-state index contributed by atoms with van der Waals surface area (Å²) in [5.41, 5.74) is 2.90. The fourth-order valence-corrected chi connectivity index (χ4v) is 2.06. The number of halogens is 1. The molecule has 1 aliphatic heterocycles. The van der Waals surface area contributed by atoms with Gasteiger partial charge in [0.05, 0.1) is 6.61 Å². The van der Waals surface area contributed by atoms with Crippen molar-refractivity contribution in [3.8, 4) is 0 Å². The molecule has 3 heteroatoms. The predicted molar refractivity (Wildman–Crippen MR) is 71.8 cm³/mol. The number of allylic oxidation sites excluding steroid dienone is 2. The highest BCUT2D eigenvalue weighted by Crippen LogP contribution is 2.26. The SMILES string of the molecule is C=C(/C(=C/C)Nc1ccc(F)cc1)C1CCOC1. The smallest absolute Gasteiger partial charge is 0.123 e. The highest BCUT2D eigenvalue weighted by molar-refractivity contribution is 5.53. The van der Waals surface area contributed by atoms with Crippen LogP contribution in [0, 0.1) is 11.7 Å². The van der Waals surface area contributed by atoms with Gasteiger partial charge >= 0.3 is 0 Å². The van der Waals surface area contributed by atoms with Crippen LogP contribution in [0.4, 0.5) is 10.1 Å². The monoisotopic (exact) mass is 247 g/mol. The van der Waals surface area contributed by atoms with Crippen molar-refractivity contribution in [1.82, 2.24) is 0 Å². The quantitative estimate of drug-likeness (QED) is 0.818. The van der Waals surface area contributed by atoms with E-state index in [4.69, 9.17) is 4.74 Å². The zero-order valence-electron chi connectivity index (χ0n) is 10.6. The molecule has 0 spiro atoms. The van der Waals surface area contributed by atoms with E-state index in [1.54, 1.807) is 12.1 Å². The minimum Gasteiger partial charge on any atom is -0.381 e. The van der Waals surface area contributed by atoms with E-state index < -0.39 is 0 Å². The summed E-state index contributed by atoms with van der Waals surface area (Å²) in [6.45, 7) is 7.64. The molecule has 1 aromatic carbocycles. The minimum atomic E-state index is -0.231. The van der Waals surface area contributed by atoms with Crippen molar-refractivity contribution in [3.05, 3.63) is 54.0 Å². The van der Waals surface area contributed by atoms with Crippen molar-refractivity contribution < 1.29 is 9.13 Å². The van der Waals surface area contributed by atoms with E-state index in [1.165, 1.54) is 12.1 Å². The molecule has 1 unspecified atom stereocenters. The Morgan fingerprint density at radius 1 is 1.44 bits per heavy atom. The molecular formula is C15H18FNO. The number of hydrogen-bond donors (Lipinski definition) is 1. The molecule has 0 aliphatic carbocycles. The summed E-state index contributed by atoms with van der Waals surface area (Å²) in [6, 6.07) is 6.32. The standard InChI is InChI=1S/C15H18FNO/c1-3-15(11(2)12-8-9-18-10-12)17-14-6-4-13(16)5-7-14/h3-7,12,17H,2,8-10H2,1H3/b15-3-. The average Bonchev–Trinajstić information content (AvgIpc) is 2.91. The third-order valence-corrected chi connectivity index (χ3v) is 3.18. The van der Waals surface area contributed by atoms with Crippen molar-refractivity contribution in [1.29, 1.82) is 0 Å². The fourth-order valence-electron chi connectivity index (χ4n) is 2.06. The van der Waals surface area contributed by atoms with Crippen molar-refractivity contribution in [2.75, 3.05) is 18.5 Å². The van der Waals surface area contributed by atoms with Gasteiger partial charge in [-0.15, -0.1) is 0 Å². The second-order valence-corrected chi connectivity index (χ2v) is 4.42. The number of benzene rings is 1. The first-order chi connectivity index (χ1) is 8.70. The Morgan fingerprint density at radius 3 is 2.72 bits per heavy atom. The molecule has 2 rings (SSSR count). The first-order valence-electron chi connectivity index (χ1n) is 6.16. The van der Waals surface area contributed by atoms with Gasteiger partial charge in [-0.25, -0.2) is 4.39 Å². The zero-order valence-corrected chi connectivity index (χ0v) is 10.6. The van der Waals surface area contributed by atoms with Gasteiger partial charge in [-0.05, 0) is 43.2 Å². The Kier molecular flexibility index (Phi) is 4.15. The summed E-state index contributed by atoms with van der Waals surface area (Å²) in [5.74, 6) is 0.148. The van der Waals surface area contributed by atoms with Crippen LogP contribution in [-0.4, -0.2) is 13.2 Å². The molecule has 0 saturated carbocycles. The number of ether oxygens (including phenoxy) is 1. The third-order valence-electron chi connectivity index (χ3n) is 3.18. The molecule has 0 radical (unpaired) electrons. The fraction of sp³-hybridized carbons (Fsp3) is 0.333. The molecule has 1 N–H and O–H groups in total. The van der Waals surface area contributed by atoms with Crippen molar-refractivity contribution in [2.24, 2.45) is 5.92 Å². The second-order valence-electron chi connectivity index (χ2n) is 4.42. The van der Waals surface area contributed by atoms with Crippen LogP contribution < -0.4 is 5.32 Å². The first kappa shape index (κ1) is 12.8. The Labute approximate surface area is 107 Å². The summed E-state index contributed by atoms with van der Waals surface area (Å²) < 4.78 is 18.2. The van der Waals surface area contributed by atoms with Crippen molar-refractivity contribution in [3.63, 3.8) is 0 Å². The van der Waals surface area contributed by atoms with Crippen LogP contribution in [0.5, 0.6) is 0 Å². The summed E-state index contributed by atoms with van der Waals surface area (Å²) in [6.07, 6.45) is 3.01. The van der Waals surface area contributed by atoms with E-state index >= 15 is 0 Å². The van der Waals surface area contributed by atoms with Gasteiger partial charge in [-0.1, -0.05) is 12.7 Å². The lowest BCUT2D eigenvalue weighted by molar-refractivity contribution is 0.190. The van der Waals surface area contributed by atoms with E-state index in [1.807, 2.05) is 13.0 Å². The maximum Gasteiger partial charge on any atom is 0.123 e. The maximum atomic E-state index is 12.8. The van der Waals surface area contributed by atoms with Crippen molar-refractivity contribution >= 4 is 5.69 Å². The van der Waals surface area contributed by atoms with Gasteiger partial charge in [0.25, 0.3) is 0 Å². The molecule has 0 aromatic heterocycles. The molecule has 18 heavy (non-hydrogen) atoms. The van der Waals surface area contributed by atoms with Crippen molar-refractivity contribution in [2.45, 2.75) is 13.3 Å². The lowest BCUT2D eigenvalue weighted by Gasteiger charge is -2.17. The van der Waals surface area contributed by atoms with Crippen LogP contribution >= 0.6 is 0 Å². The van der Waals surface area contributed by atoms with Gasteiger partial charge < -0.3 is 10.1 Å². The zero-order chi connectivity index (χ0) is 13.0. The molecule has 1 atom stereocenters. The van der Waals surface area contributed by atoms with Gasteiger partial charge in [0.2, 0.25) is 0 Å². The Bertz CT molecular complexity index is 444. The van der Waals surface area contributed by atoms with Crippen LogP contribution in [-0.2, 0) is 4.74 Å². The number of nitrogens with one attached hydrogen (secondary N) is 1. The normalized spacial score (nSPS) is 19.9. The van der Waals surface area contributed by atoms with Crippen LogP contribution in [0.25, 0.3) is 0 Å². The van der Waals surface area contributed by atoms with Crippen LogP contribution in [0.1, 0.15) is 13.3 Å². The van der Waals surface area contributed by atoms with Gasteiger partial charge in [-0.3, -0.25) is 0 Å². The molecule has 1 saturated heterocycles. The van der Waals surface area contributed by atoms with E-state index in [-0.39, 0.29) is 5.82 Å². The lowest BCUT2D eigenvalue weighted by atomic mass is 9.96. The largest absolute Gasteiger partial charge is 0.381 e. The van der Waals surface area contributed by atoms with Gasteiger partial charge in [0, 0.05) is 23.9 Å². The van der Waals surface area contributed by atoms with Crippen LogP contribution in [0.2, 0.25) is 0 Å². The summed E-state index contributed by atoms with van der Waals surface area (Å²) in [5, 5.41) is 3.27. The molecule has 1 fully saturated rings. The Morgan fingerprint density at radius 2 is 2.17 bits per heavy atom. The molecule has 1 aromatic rings. The summed E-state index contributed by atoms with van der Waals surface area (Å²) in [7, 11) is 0. The van der Waals surface area contributed by atoms with Gasteiger partial charge in [-0.2, -0.15) is 0 Å². The molecule has 2 nitrogen and oxygen atoms in total. The number of rotatable bonds is 4. The predicted octanol–water partition coefficient (Wildman–Crippen LogP) is 3.73. The summed E-state index contributed by atoms with van der Waals surface area (Å²) in [4.78, 5) is 0. The Hall–Kier alpha value is -1.61. The van der Waals surface area contributed by atoms with Gasteiger partial charge in [0.15, 0.2) is 0 Å². The van der Waals surface area contributed by atoms with E-state index in [9.17, 15) is 4.39 Å². The molecular weight excluding hydrogens is 229 g/mol. The maximum absolute atomic E-state index is 12.8. The van der Waals surface area contributed by atoms with E-state index in [2.05, 4.69) is 11.9 Å². The first-order valence-corrected chi connectivity index (χ1v) is 6.16. The average molecular weight is 247 g/mol. The Balaban J connectivity index is 2.05. The molecule has 0 amide bonds. The molecule has 1 aliphatic rings. The molecule has 96 valence electrons. The minimum absolute atomic E-state index is 0.231. The highest BCUT2D eigenvalue weighted by Gasteiger charge is 2.20.